The molecule has 1 atom stereocenters. The lowest BCUT2D eigenvalue weighted by Gasteiger charge is -2.23. The van der Waals surface area contributed by atoms with Gasteiger partial charge >= 0.3 is 0 Å². The van der Waals surface area contributed by atoms with Crippen LogP contribution >= 0.6 is 0 Å². The number of carbonyl (C=O) groups is 1. The van der Waals surface area contributed by atoms with Crippen LogP contribution in [-0.2, 0) is 10.0 Å². The molecule has 2 rings (SSSR count). The molecule has 0 fully saturated rings. The highest BCUT2D eigenvalue weighted by molar-refractivity contribution is 7.92. The van der Waals surface area contributed by atoms with E-state index in [1.807, 2.05) is 6.07 Å². The predicted octanol–water partition coefficient (Wildman–Crippen LogP) is 2.89. The van der Waals surface area contributed by atoms with E-state index in [-0.39, 0.29) is 23.3 Å². The van der Waals surface area contributed by atoms with Crippen molar-refractivity contribution in [2.45, 2.75) is 24.3 Å². The molecule has 28 heavy (non-hydrogen) atoms. The minimum Gasteiger partial charge on any atom is -0.495 e. The first-order valence-electron chi connectivity index (χ1n) is 8.60. The van der Waals surface area contributed by atoms with Crippen molar-refractivity contribution in [2.24, 2.45) is 0 Å². The summed E-state index contributed by atoms with van der Waals surface area (Å²) in [5.41, 5.74) is 0.765. The van der Waals surface area contributed by atoms with Crippen LogP contribution in [0.15, 0.2) is 53.4 Å². The van der Waals surface area contributed by atoms with Gasteiger partial charge in [0.1, 0.15) is 5.75 Å². The minimum absolute atomic E-state index is 0.0604. The molecule has 1 unspecified atom stereocenters. The Morgan fingerprint density at radius 2 is 1.75 bits per heavy atom. The Labute approximate surface area is 165 Å². The number of nitrogens with zero attached hydrogens (tertiary/aromatic N) is 3. The van der Waals surface area contributed by atoms with Crippen molar-refractivity contribution in [3.05, 3.63) is 54.1 Å². The molecule has 0 aliphatic rings. The average molecular weight is 401 g/mol. The molecule has 0 aliphatic carbocycles. The van der Waals surface area contributed by atoms with Gasteiger partial charge in [-0.2, -0.15) is 5.26 Å². The number of methoxy groups -OCH3 is 1. The van der Waals surface area contributed by atoms with Crippen molar-refractivity contribution < 1.29 is 17.9 Å². The Morgan fingerprint density at radius 3 is 2.32 bits per heavy atom. The van der Waals surface area contributed by atoms with Crippen LogP contribution < -0.4 is 9.04 Å². The van der Waals surface area contributed by atoms with E-state index in [0.29, 0.717) is 17.0 Å². The minimum atomic E-state index is -3.83. The zero-order chi connectivity index (χ0) is 20.9. The Kier molecular flexibility index (Phi) is 6.65. The van der Waals surface area contributed by atoms with E-state index < -0.39 is 10.0 Å². The Balaban J connectivity index is 2.29. The second kappa shape index (κ2) is 8.76. The summed E-state index contributed by atoms with van der Waals surface area (Å²) in [6, 6.07) is 14.4. The third kappa shape index (κ3) is 4.26. The maximum atomic E-state index is 12.9. The number of anilines is 1. The Morgan fingerprint density at radius 1 is 1.14 bits per heavy atom. The molecular formula is C20H23N3O4S. The molecule has 0 N–H and O–H groups in total. The summed E-state index contributed by atoms with van der Waals surface area (Å²) in [7, 11) is 0.712. The second-order valence-electron chi connectivity index (χ2n) is 6.30. The van der Waals surface area contributed by atoms with Gasteiger partial charge in [-0.05, 0) is 43.3 Å². The van der Waals surface area contributed by atoms with Gasteiger partial charge in [0.25, 0.3) is 15.9 Å². The number of rotatable bonds is 7. The molecule has 2 aromatic rings. The van der Waals surface area contributed by atoms with Crippen molar-refractivity contribution in [1.29, 1.82) is 5.26 Å². The smallest absolute Gasteiger partial charge is 0.264 e. The van der Waals surface area contributed by atoms with Gasteiger partial charge in [0.2, 0.25) is 0 Å². The summed E-state index contributed by atoms with van der Waals surface area (Å²) in [6.07, 6.45) is 0.221. The highest BCUT2D eigenvalue weighted by Crippen LogP contribution is 2.30. The predicted molar refractivity (Wildman–Crippen MR) is 107 cm³/mol. The van der Waals surface area contributed by atoms with Crippen LogP contribution in [0.1, 0.15) is 23.7 Å². The van der Waals surface area contributed by atoms with Gasteiger partial charge in [0.05, 0.1) is 30.2 Å². The fourth-order valence-corrected chi connectivity index (χ4v) is 3.83. The first kappa shape index (κ1) is 21.3. The van der Waals surface area contributed by atoms with Crippen LogP contribution in [-0.4, -0.2) is 46.5 Å². The SMILES string of the molecule is COc1ccccc1N(C)S(=O)(=O)c1ccc(C(=O)N(C)C(C)CC#N)cc1. The van der Waals surface area contributed by atoms with Gasteiger partial charge in [-0.25, -0.2) is 8.42 Å². The summed E-state index contributed by atoms with van der Waals surface area (Å²) in [5, 5.41) is 8.78. The number of para-hydroxylation sites is 2. The van der Waals surface area contributed by atoms with Crippen molar-refractivity contribution >= 4 is 21.6 Å². The third-order valence-electron chi connectivity index (χ3n) is 4.55. The highest BCUT2D eigenvalue weighted by Gasteiger charge is 2.24. The van der Waals surface area contributed by atoms with Gasteiger partial charge in [-0.3, -0.25) is 9.10 Å². The first-order chi connectivity index (χ1) is 13.2. The van der Waals surface area contributed by atoms with Crippen molar-refractivity contribution in [3.8, 4) is 11.8 Å². The van der Waals surface area contributed by atoms with Crippen LogP contribution in [0, 0.1) is 11.3 Å². The summed E-state index contributed by atoms with van der Waals surface area (Å²) in [6.45, 7) is 1.78. The maximum absolute atomic E-state index is 12.9. The Bertz CT molecular complexity index is 981. The summed E-state index contributed by atoms with van der Waals surface area (Å²) in [4.78, 5) is 14.0. The standard InChI is InChI=1S/C20H23N3O4S/c1-15(13-14-21)22(2)20(24)16-9-11-17(12-10-16)28(25,26)23(3)18-7-5-6-8-19(18)27-4/h5-12,15H,13H2,1-4H3. The number of hydrogen-bond acceptors (Lipinski definition) is 5. The van der Waals surface area contributed by atoms with Gasteiger partial charge < -0.3 is 9.64 Å². The molecule has 0 radical (unpaired) electrons. The number of sulfonamides is 1. The lowest BCUT2D eigenvalue weighted by atomic mass is 10.1. The van der Waals surface area contributed by atoms with Crippen LogP contribution in [0.3, 0.4) is 0 Å². The zero-order valence-electron chi connectivity index (χ0n) is 16.3. The van der Waals surface area contributed by atoms with Crippen LogP contribution in [0.5, 0.6) is 5.75 Å². The lowest BCUT2D eigenvalue weighted by Crippen LogP contribution is -2.34. The van der Waals surface area contributed by atoms with E-state index in [1.165, 1.54) is 43.3 Å². The molecule has 0 heterocycles. The summed E-state index contributed by atoms with van der Waals surface area (Å²) in [5.74, 6) is 0.165. The van der Waals surface area contributed by atoms with E-state index in [1.54, 1.807) is 38.2 Å². The molecule has 8 heteroatoms. The quantitative estimate of drug-likeness (QED) is 0.711. The van der Waals surface area contributed by atoms with Gasteiger partial charge in [0.15, 0.2) is 0 Å². The third-order valence-corrected chi connectivity index (χ3v) is 6.34. The van der Waals surface area contributed by atoms with Crippen LogP contribution in [0.25, 0.3) is 0 Å². The largest absolute Gasteiger partial charge is 0.495 e. The maximum Gasteiger partial charge on any atom is 0.264 e. The molecule has 0 saturated carbocycles. The fourth-order valence-electron chi connectivity index (χ4n) is 2.62. The number of nitriles is 1. The zero-order valence-corrected chi connectivity index (χ0v) is 17.1. The number of hydrogen-bond donors (Lipinski definition) is 0. The molecule has 148 valence electrons. The van der Waals surface area contributed by atoms with Crippen LogP contribution in [0.4, 0.5) is 5.69 Å². The molecular weight excluding hydrogens is 378 g/mol. The second-order valence-corrected chi connectivity index (χ2v) is 8.27. The molecule has 1 amide bonds. The van der Waals surface area contributed by atoms with Gasteiger partial charge in [-0.1, -0.05) is 12.1 Å². The van der Waals surface area contributed by atoms with E-state index in [2.05, 4.69) is 0 Å². The van der Waals surface area contributed by atoms with E-state index in [9.17, 15) is 13.2 Å². The van der Waals surface area contributed by atoms with Gasteiger partial charge in [0, 0.05) is 25.7 Å². The molecule has 0 bridgehead atoms. The van der Waals surface area contributed by atoms with E-state index >= 15 is 0 Å². The number of carbonyl (C=O) groups excluding carboxylic acids is 1. The Hall–Kier alpha value is -3.05. The van der Waals surface area contributed by atoms with Gasteiger partial charge in [-0.15, -0.1) is 0 Å². The lowest BCUT2D eigenvalue weighted by molar-refractivity contribution is 0.0746. The first-order valence-corrected chi connectivity index (χ1v) is 10.0. The highest BCUT2D eigenvalue weighted by atomic mass is 32.2. The van der Waals surface area contributed by atoms with E-state index in [4.69, 9.17) is 10.00 Å². The summed E-state index contributed by atoms with van der Waals surface area (Å²) < 4.78 is 32.3. The normalized spacial score (nSPS) is 12.0. The van der Waals surface area contributed by atoms with Crippen LogP contribution in [0.2, 0.25) is 0 Å². The fraction of sp³-hybridized carbons (Fsp3) is 0.300. The topological polar surface area (TPSA) is 90.7 Å². The summed E-state index contributed by atoms with van der Waals surface area (Å²) >= 11 is 0. The van der Waals surface area contributed by atoms with Crippen molar-refractivity contribution in [1.82, 2.24) is 4.90 Å². The molecule has 7 nitrogen and oxygen atoms in total. The number of benzene rings is 2. The molecule has 0 aliphatic heterocycles. The molecule has 0 saturated heterocycles. The monoisotopic (exact) mass is 401 g/mol. The molecule has 0 aromatic heterocycles. The molecule has 0 spiro atoms. The average Bonchev–Trinajstić information content (AvgIpc) is 2.72. The molecule has 2 aromatic carbocycles. The number of amides is 1. The van der Waals surface area contributed by atoms with Crippen molar-refractivity contribution in [3.63, 3.8) is 0 Å². The van der Waals surface area contributed by atoms with Crippen molar-refractivity contribution in [2.75, 3.05) is 25.5 Å². The van der Waals surface area contributed by atoms with E-state index in [0.717, 1.165) is 4.31 Å². The number of ether oxygens (including phenoxy) is 1.